The zero-order valence-corrected chi connectivity index (χ0v) is 19.3. The van der Waals surface area contributed by atoms with Crippen molar-refractivity contribution in [2.75, 3.05) is 45.2 Å². The average molecular weight is 449 g/mol. The molecule has 0 bridgehead atoms. The van der Waals surface area contributed by atoms with E-state index in [9.17, 15) is 9.90 Å². The molecule has 2 aromatic carbocycles. The summed E-state index contributed by atoms with van der Waals surface area (Å²) in [6.45, 7) is 2.65. The van der Waals surface area contributed by atoms with Crippen LogP contribution in [0.2, 0.25) is 0 Å². The number of fused-ring (bicyclic) bond motifs is 1. The smallest absolute Gasteiger partial charge is 0.240 e. The minimum absolute atomic E-state index is 0.0547. The van der Waals surface area contributed by atoms with E-state index in [1.54, 1.807) is 18.2 Å². The number of aliphatic hydroxyl groups is 1. The summed E-state index contributed by atoms with van der Waals surface area (Å²) in [6, 6.07) is 17.6. The molecular weight excluding hydrogens is 416 g/mol. The lowest BCUT2D eigenvalue weighted by Crippen LogP contribution is -2.46. The first kappa shape index (κ1) is 23.2. The van der Waals surface area contributed by atoms with Crippen LogP contribution in [0.25, 0.3) is 10.9 Å². The molecule has 1 saturated heterocycles. The van der Waals surface area contributed by atoms with Crippen LogP contribution in [0.5, 0.6) is 5.75 Å². The normalized spacial score (nSPS) is 16.0. The average Bonchev–Trinajstić information content (AvgIpc) is 2.87. The number of hydrogen-bond donors (Lipinski definition) is 2. The van der Waals surface area contributed by atoms with Crippen molar-refractivity contribution in [3.63, 3.8) is 0 Å². The number of rotatable bonds is 8. The van der Waals surface area contributed by atoms with E-state index >= 15 is 0 Å². The van der Waals surface area contributed by atoms with E-state index in [-0.39, 0.29) is 5.91 Å². The minimum Gasteiger partial charge on any atom is -0.497 e. The van der Waals surface area contributed by atoms with Gasteiger partial charge in [-0.1, -0.05) is 18.2 Å². The molecule has 7 heteroatoms. The number of aromatic nitrogens is 1. The van der Waals surface area contributed by atoms with Gasteiger partial charge in [-0.05, 0) is 67.9 Å². The van der Waals surface area contributed by atoms with Crippen molar-refractivity contribution in [3.05, 3.63) is 66.4 Å². The first-order valence-corrected chi connectivity index (χ1v) is 11.4. The SMILES string of the molecule is COc1ccc2nccc(C(O)CN3CCC(NCC(=O)N(C)c4ccccc4)CC3)c2c1. The number of β-amino-alcohol motifs (C(OH)–C–C–N with tert-alkyl or cyclic N) is 1. The second-order valence-corrected chi connectivity index (χ2v) is 8.54. The van der Waals surface area contributed by atoms with Crippen LogP contribution >= 0.6 is 0 Å². The Morgan fingerprint density at radius 3 is 2.70 bits per heavy atom. The van der Waals surface area contributed by atoms with Crippen LogP contribution in [0.15, 0.2) is 60.8 Å². The third-order valence-electron chi connectivity index (χ3n) is 6.42. The van der Waals surface area contributed by atoms with Crippen LogP contribution in [0, 0.1) is 0 Å². The van der Waals surface area contributed by atoms with Gasteiger partial charge in [-0.25, -0.2) is 0 Å². The molecule has 33 heavy (non-hydrogen) atoms. The molecule has 0 saturated carbocycles. The molecule has 0 aliphatic carbocycles. The highest BCUT2D eigenvalue weighted by molar-refractivity contribution is 5.94. The number of likely N-dealkylation sites (N-methyl/N-ethyl adjacent to an activating group) is 1. The first-order chi connectivity index (χ1) is 16.0. The lowest BCUT2D eigenvalue weighted by Gasteiger charge is -2.34. The largest absolute Gasteiger partial charge is 0.497 e. The Kier molecular flexibility index (Phi) is 7.54. The highest BCUT2D eigenvalue weighted by Crippen LogP contribution is 2.27. The third kappa shape index (κ3) is 5.68. The molecule has 1 unspecified atom stereocenters. The molecular formula is C26H32N4O3. The highest BCUT2D eigenvalue weighted by Gasteiger charge is 2.23. The summed E-state index contributed by atoms with van der Waals surface area (Å²) < 4.78 is 5.34. The second-order valence-electron chi connectivity index (χ2n) is 8.54. The highest BCUT2D eigenvalue weighted by atomic mass is 16.5. The van der Waals surface area contributed by atoms with Crippen molar-refractivity contribution in [1.29, 1.82) is 0 Å². The Morgan fingerprint density at radius 2 is 1.97 bits per heavy atom. The van der Waals surface area contributed by atoms with E-state index in [4.69, 9.17) is 4.74 Å². The Bertz CT molecular complexity index is 1070. The summed E-state index contributed by atoms with van der Waals surface area (Å²) in [4.78, 5) is 20.9. The summed E-state index contributed by atoms with van der Waals surface area (Å²) >= 11 is 0. The van der Waals surface area contributed by atoms with Crippen LogP contribution in [0.4, 0.5) is 5.69 Å². The fourth-order valence-corrected chi connectivity index (χ4v) is 4.37. The Hall–Kier alpha value is -3.00. The molecule has 4 rings (SSSR count). The van der Waals surface area contributed by atoms with Crippen molar-refractivity contribution in [2.24, 2.45) is 0 Å². The van der Waals surface area contributed by atoms with Crippen LogP contribution < -0.4 is 15.0 Å². The standard InChI is InChI=1S/C26H32N4O3/c1-29(20-6-4-3-5-7-20)26(32)17-28-19-11-14-30(15-12-19)18-25(31)22-10-13-27-24-9-8-21(33-2)16-23(22)24/h3-10,13,16,19,25,28,31H,11-12,14-15,17-18H2,1-2H3. The molecule has 1 atom stereocenters. The number of carbonyl (C=O) groups is 1. The predicted octanol–water partition coefficient (Wildman–Crippen LogP) is 2.99. The Labute approximate surface area is 195 Å². The molecule has 1 aromatic heterocycles. The number of carbonyl (C=O) groups excluding carboxylic acids is 1. The van der Waals surface area contributed by atoms with Crippen molar-refractivity contribution in [1.82, 2.24) is 15.2 Å². The predicted molar refractivity (Wildman–Crippen MR) is 131 cm³/mol. The number of pyridine rings is 1. The molecule has 1 aliphatic heterocycles. The number of piperidine rings is 1. The molecule has 1 fully saturated rings. The molecule has 1 amide bonds. The van der Waals surface area contributed by atoms with Crippen molar-refractivity contribution in [3.8, 4) is 5.75 Å². The number of nitrogens with zero attached hydrogens (tertiary/aromatic N) is 3. The lowest BCUT2D eigenvalue weighted by atomic mass is 10.0. The molecule has 2 N–H and O–H groups in total. The van der Waals surface area contributed by atoms with E-state index in [2.05, 4.69) is 15.2 Å². The van der Waals surface area contributed by atoms with Crippen molar-refractivity contribution in [2.45, 2.75) is 25.0 Å². The fourth-order valence-electron chi connectivity index (χ4n) is 4.37. The Morgan fingerprint density at radius 1 is 1.21 bits per heavy atom. The molecule has 3 aromatic rings. The van der Waals surface area contributed by atoms with Crippen LogP contribution in [0.1, 0.15) is 24.5 Å². The number of methoxy groups -OCH3 is 1. The molecule has 7 nitrogen and oxygen atoms in total. The number of para-hydroxylation sites is 1. The zero-order chi connectivity index (χ0) is 23.2. The van der Waals surface area contributed by atoms with Gasteiger partial charge in [0.25, 0.3) is 0 Å². The van der Waals surface area contributed by atoms with Gasteiger partial charge in [0.15, 0.2) is 0 Å². The van der Waals surface area contributed by atoms with E-state index in [0.717, 1.165) is 53.8 Å². The quantitative estimate of drug-likeness (QED) is 0.552. The molecule has 2 heterocycles. The van der Waals surface area contributed by atoms with Gasteiger partial charge in [0.05, 0.1) is 25.3 Å². The van der Waals surface area contributed by atoms with Gasteiger partial charge < -0.3 is 25.0 Å². The maximum Gasteiger partial charge on any atom is 0.240 e. The summed E-state index contributed by atoms with van der Waals surface area (Å²) in [6.07, 6.45) is 3.03. The number of aliphatic hydroxyl groups excluding tert-OH is 1. The van der Waals surface area contributed by atoms with Gasteiger partial charge in [-0.15, -0.1) is 0 Å². The van der Waals surface area contributed by atoms with Crippen LogP contribution in [-0.4, -0.2) is 67.3 Å². The monoisotopic (exact) mass is 448 g/mol. The topological polar surface area (TPSA) is 77.9 Å². The van der Waals surface area contributed by atoms with Gasteiger partial charge >= 0.3 is 0 Å². The molecule has 1 aliphatic rings. The zero-order valence-electron chi connectivity index (χ0n) is 19.3. The summed E-state index contributed by atoms with van der Waals surface area (Å²) in [7, 11) is 3.45. The van der Waals surface area contributed by atoms with Crippen LogP contribution in [0.3, 0.4) is 0 Å². The molecule has 0 radical (unpaired) electrons. The number of benzene rings is 2. The van der Waals surface area contributed by atoms with Gasteiger partial charge in [0.1, 0.15) is 5.75 Å². The number of likely N-dealkylation sites (tertiary alicyclic amines) is 1. The number of amides is 1. The van der Waals surface area contributed by atoms with Gasteiger partial charge in [-0.3, -0.25) is 9.78 Å². The Balaban J connectivity index is 1.27. The van der Waals surface area contributed by atoms with Gasteiger partial charge in [0.2, 0.25) is 5.91 Å². The first-order valence-electron chi connectivity index (χ1n) is 11.4. The summed E-state index contributed by atoms with van der Waals surface area (Å²) in [5.74, 6) is 0.808. The van der Waals surface area contributed by atoms with Crippen molar-refractivity contribution >= 4 is 22.5 Å². The number of hydrogen-bond acceptors (Lipinski definition) is 6. The molecule has 0 spiro atoms. The van der Waals surface area contributed by atoms with Crippen molar-refractivity contribution < 1.29 is 14.6 Å². The third-order valence-corrected chi connectivity index (χ3v) is 6.42. The molecule has 174 valence electrons. The van der Waals surface area contributed by atoms with Crippen LogP contribution in [-0.2, 0) is 4.79 Å². The second kappa shape index (κ2) is 10.7. The number of ether oxygens (including phenoxy) is 1. The van der Waals surface area contributed by atoms with Gasteiger partial charge in [-0.2, -0.15) is 0 Å². The lowest BCUT2D eigenvalue weighted by molar-refractivity contribution is -0.117. The maximum atomic E-state index is 12.5. The van der Waals surface area contributed by atoms with E-state index in [1.165, 1.54) is 0 Å². The van der Waals surface area contributed by atoms with Gasteiger partial charge in [0, 0.05) is 36.9 Å². The summed E-state index contributed by atoms with van der Waals surface area (Å²) in [5.41, 5.74) is 2.61. The minimum atomic E-state index is -0.604. The number of anilines is 1. The van der Waals surface area contributed by atoms with E-state index < -0.39 is 6.10 Å². The van der Waals surface area contributed by atoms with E-state index in [0.29, 0.717) is 19.1 Å². The van der Waals surface area contributed by atoms with E-state index in [1.807, 2.05) is 61.6 Å². The summed E-state index contributed by atoms with van der Waals surface area (Å²) in [5, 5.41) is 15.3. The maximum absolute atomic E-state index is 12.5. The number of nitrogens with one attached hydrogen (secondary N) is 1. The fraction of sp³-hybridized carbons (Fsp3) is 0.385.